The lowest BCUT2D eigenvalue weighted by atomic mass is 10.1. The van der Waals surface area contributed by atoms with Gasteiger partial charge in [0.05, 0.1) is 17.7 Å². The van der Waals surface area contributed by atoms with Crippen LogP contribution in [0.3, 0.4) is 0 Å². The van der Waals surface area contributed by atoms with E-state index in [1.54, 1.807) is 60.7 Å². The zero-order valence-electron chi connectivity index (χ0n) is 15.0. The highest BCUT2D eigenvalue weighted by molar-refractivity contribution is 7.91. The Hall–Kier alpha value is -3.38. The molecule has 1 heterocycles. The van der Waals surface area contributed by atoms with Crippen molar-refractivity contribution in [2.45, 2.75) is 9.79 Å². The number of aromatic amines is 1. The molecule has 3 aromatic carbocycles. The van der Waals surface area contributed by atoms with E-state index in [-0.39, 0.29) is 15.5 Å². The molecule has 4 aromatic rings. The molecule has 0 bridgehead atoms. The second kappa shape index (κ2) is 6.98. The van der Waals surface area contributed by atoms with Gasteiger partial charge in [0.2, 0.25) is 15.3 Å². The number of sulfone groups is 1. The average molecular weight is 391 g/mol. The van der Waals surface area contributed by atoms with E-state index in [9.17, 15) is 13.2 Å². The molecule has 140 valence electrons. The predicted octanol–water partition coefficient (Wildman–Crippen LogP) is 4.04. The highest BCUT2D eigenvalue weighted by atomic mass is 32.2. The van der Waals surface area contributed by atoms with Crippen LogP contribution in [0.1, 0.15) is 0 Å². The second-order valence-corrected chi connectivity index (χ2v) is 8.14. The summed E-state index contributed by atoms with van der Waals surface area (Å²) in [5.74, 6) is 0.537. The van der Waals surface area contributed by atoms with Crippen molar-refractivity contribution in [3.8, 4) is 17.0 Å². The molecular weight excluding hydrogens is 374 g/mol. The number of benzene rings is 3. The van der Waals surface area contributed by atoms with Gasteiger partial charge < -0.3 is 9.72 Å². The minimum atomic E-state index is -4.06. The summed E-state index contributed by atoms with van der Waals surface area (Å²) in [5, 5.41) is 0.328. The summed E-state index contributed by atoms with van der Waals surface area (Å²) in [5.41, 5.74) is 0.960. The maximum Gasteiger partial charge on any atom is 0.212 e. The predicted molar refractivity (Wildman–Crippen MR) is 108 cm³/mol. The van der Waals surface area contributed by atoms with Gasteiger partial charge in [0, 0.05) is 10.9 Å². The van der Waals surface area contributed by atoms with Crippen LogP contribution in [0.4, 0.5) is 0 Å². The fourth-order valence-corrected chi connectivity index (χ4v) is 4.68. The summed E-state index contributed by atoms with van der Waals surface area (Å²) in [6.07, 6.45) is 0. The Morgan fingerprint density at radius 2 is 1.46 bits per heavy atom. The first kappa shape index (κ1) is 18.0. The average Bonchev–Trinajstić information content (AvgIpc) is 2.74. The van der Waals surface area contributed by atoms with Crippen LogP contribution in [0.25, 0.3) is 22.2 Å². The minimum absolute atomic E-state index is 0.0336. The molecule has 0 atom stereocenters. The normalized spacial score (nSPS) is 11.5. The first-order chi connectivity index (χ1) is 13.5. The topological polar surface area (TPSA) is 76.2 Å². The van der Waals surface area contributed by atoms with E-state index in [0.29, 0.717) is 22.2 Å². The number of para-hydroxylation sites is 1. The molecule has 0 saturated carbocycles. The summed E-state index contributed by atoms with van der Waals surface area (Å²) in [6, 6.07) is 21.9. The summed E-state index contributed by atoms with van der Waals surface area (Å²) in [6.45, 7) is 0. The molecule has 0 radical (unpaired) electrons. The van der Waals surface area contributed by atoms with Crippen LogP contribution in [0.5, 0.6) is 5.75 Å². The van der Waals surface area contributed by atoms with Crippen LogP contribution in [0.15, 0.2) is 93.4 Å². The molecule has 4 rings (SSSR count). The van der Waals surface area contributed by atoms with Gasteiger partial charge in [0.25, 0.3) is 0 Å². The lowest BCUT2D eigenvalue weighted by Gasteiger charge is -2.13. The molecule has 0 aliphatic carbocycles. The Morgan fingerprint density at radius 3 is 2.14 bits per heavy atom. The molecule has 0 spiro atoms. The fourth-order valence-electron chi connectivity index (χ4n) is 3.15. The molecule has 6 heteroatoms. The van der Waals surface area contributed by atoms with Gasteiger partial charge in [-0.05, 0) is 42.0 Å². The number of nitrogens with one attached hydrogen (secondary N) is 1. The monoisotopic (exact) mass is 391 g/mol. The fraction of sp³-hybridized carbons (Fsp3) is 0.0455. The first-order valence-electron chi connectivity index (χ1n) is 8.62. The van der Waals surface area contributed by atoms with E-state index in [1.165, 1.54) is 19.2 Å². The number of hydrogen-bond donors (Lipinski definition) is 1. The van der Waals surface area contributed by atoms with Crippen LogP contribution < -0.4 is 10.2 Å². The van der Waals surface area contributed by atoms with Gasteiger partial charge in [-0.15, -0.1) is 0 Å². The Balaban J connectivity index is 2.06. The van der Waals surface area contributed by atoms with E-state index < -0.39 is 15.3 Å². The maximum absolute atomic E-state index is 13.4. The Bertz CT molecular complexity index is 1310. The van der Waals surface area contributed by atoms with E-state index >= 15 is 0 Å². The van der Waals surface area contributed by atoms with Gasteiger partial charge in [0.15, 0.2) is 0 Å². The summed E-state index contributed by atoms with van der Waals surface area (Å²) >= 11 is 0. The van der Waals surface area contributed by atoms with Crippen molar-refractivity contribution in [2.24, 2.45) is 0 Å². The maximum atomic E-state index is 13.4. The number of rotatable bonds is 4. The summed E-state index contributed by atoms with van der Waals surface area (Å²) in [7, 11) is -2.56. The quantitative estimate of drug-likeness (QED) is 0.570. The smallest absolute Gasteiger partial charge is 0.212 e. The molecule has 0 aliphatic heterocycles. The molecule has 0 saturated heterocycles. The molecular formula is C22H17NO4S. The number of methoxy groups -OCH3 is 1. The lowest BCUT2D eigenvalue weighted by Crippen LogP contribution is -2.18. The number of ether oxygens (including phenoxy) is 1. The van der Waals surface area contributed by atoms with Gasteiger partial charge in [0.1, 0.15) is 10.6 Å². The van der Waals surface area contributed by atoms with E-state index in [1.807, 2.05) is 6.07 Å². The van der Waals surface area contributed by atoms with E-state index in [0.717, 1.165) is 0 Å². The third-order valence-electron chi connectivity index (χ3n) is 4.57. The molecule has 0 unspecified atom stereocenters. The molecule has 0 aliphatic rings. The minimum Gasteiger partial charge on any atom is -0.497 e. The van der Waals surface area contributed by atoms with Crippen molar-refractivity contribution < 1.29 is 13.2 Å². The van der Waals surface area contributed by atoms with Crippen molar-refractivity contribution in [3.05, 3.63) is 89.1 Å². The molecule has 1 aromatic heterocycles. The van der Waals surface area contributed by atoms with Crippen LogP contribution in [-0.2, 0) is 9.84 Å². The van der Waals surface area contributed by atoms with Crippen molar-refractivity contribution in [1.29, 1.82) is 0 Å². The number of aromatic nitrogens is 1. The third kappa shape index (κ3) is 2.97. The highest BCUT2D eigenvalue weighted by Gasteiger charge is 2.27. The van der Waals surface area contributed by atoms with Crippen LogP contribution in [0, 0.1) is 0 Å². The van der Waals surface area contributed by atoms with Crippen molar-refractivity contribution >= 4 is 20.7 Å². The second-order valence-electron chi connectivity index (χ2n) is 6.25. The van der Waals surface area contributed by atoms with E-state index in [2.05, 4.69) is 4.98 Å². The Kier molecular flexibility index (Phi) is 4.49. The summed E-state index contributed by atoms with van der Waals surface area (Å²) < 4.78 is 32.0. The Labute approximate surface area is 162 Å². The van der Waals surface area contributed by atoms with Crippen molar-refractivity contribution in [1.82, 2.24) is 4.98 Å². The largest absolute Gasteiger partial charge is 0.497 e. The number of H-pyrrole nitrogens is 1. The van der Waals surface area contributed by atoms with Crippen LogP contribution >= 0.6 is 0 Å². The van der Waals surface area contributed by atoms with E-state index in [4.69, 9.17) is 4.74 Å². The van der Waals surface area contributed by atoms with Crippen LogP contribution in [-0.4, -0.2) is 20.5 Å². The van der Waals surface area contributed by atoms with Crippen LogP contribution in [0.2, 0.25) is 0 Å². The zero-order chi connectivity index (χ0) is 19.7. The number of pyridine rings is 1. The lowest BCUT2D eigenvalue weighted by molar-refractivity contribution is 0.414. The van der Waals surface area contributed by atoms with Crippen molar-refractivity contribution in [2.75, 3.05) is 7.11 Å². The molecule has 1 N–H and O–H groups in total. The molecule has 28 heavy (non-hydrogen) atoms. The SMILES string of the molecule is COc1ccc(S(=O)(=O)c2c(-c3ccccc3)[nH]c3ccccc3c2=O)cc1. The zero-order valence-corrected chi connectivity index (χ0v) is 15.9. The van der Waals surface area contributed by atoms with Gasteiger partial charge in [-0.25, -0.2) is 8.42 Å². The molecule has 0 amide bonds. The van der Waals surface area contributed by atoms with Crippen molar-refractivity contribution in [3.63, 3.8) is 0 Å². The van der Waals surface area contributed by atoms with Gasteiger partial charge in [-0.1, -0.05) is 42.5 Å². The summed E-state index contributed by atoms with van der Waals surface area (Å²) in [4.78, 5) is 16.2. The highest BCUT2D eigenvalue weighted by Crippen LogP contribution is 2.30. The standard InChI is InChI=1S/C22H17NO4S/c1-27-16-11-13-17(14-12-16)28(25,26)22-20(15-7-3-2-4-8-15)23-19-10-6-5-9-18(19)21(22)24/h2-14H,1H3,(H,23,24). The number of hydrogen-bond acceptors (Lipinski definition) is 4. The Morgan fingerprint density at radius 1 is 0.821 bits per heavy atom. The van der Waals surface area contributed by atoms with Gasteiger partial charge in [-0.3, -0.25) is 4.79 Å². The van der Waals surface area contributed by atoms with Gasteiger partial charge >= 0.3 is 0 Å². The molecule has 0 fully saturated rings. The first-order valence-corrected chi connectivity index (χ1v) is 10.1. The number of fused-ring (bicyclic) bond motifs is 1. The van der Waals surface area contributed by atoms with Gasteiger partial charge in [-0.2, -0.15) is 0 Å². The third-order valence-corrected chi connectivity index (χ3v) is 6.39. The molecule has 5 nitrogen and oxygen atoms in total.